The maximum atomic E-state index is 12.8. The highest BCUT2D eigenvalue weighted by molar-refractivity contribution is 6.05. The standard InChI is InChI=1S/C20H24N4O4/c25-17-4-3-16(18(26)22-17)24-9-14-7-13(1-2-15(14)19(24)27)8-23-5-6-28-12-20(23)10-21-11-20/h1-2,7,16,21H,3-6,8-12H2,(H,22,25,26). The van der Waals surface area contributed by atoms with Gasteiger partial charge in [-0.2, -0.15) is 0 Å². The third-order valence-electron chi connectivity index (χ3n) is 6.42. The molecule has 0 bridgehead atoms. The van der Waals surface area contributed by atoms with E-state index in [-0.39, 0.29) is 29.7 Å². The van der Waals surface area contributed by atoms with E-state index in [0.717, 1.165) is 45.0 Å². The molecule has 4 aliphatic rings. The summed E-state index contributed by atoms with van der Waals surface area (Å²) >= 11 is 0. The van der Waals surface area contributed by atoms with E-state index in [9.17, 15) is 14.4 Å². The summed E-state index contributed by atoms with van der Waals surface area (Å²) in [7, 11) is 0. The molecule has 1 spiro atoms. The molecule has 3 amide bonds. The number of amides is 3. The second kappa shape index (κ2) is 6.65. The lowest BCUT2D eigenvalue weighted by atomic mass is 9.89. The fourth-order valence-corrected chi connectivity index (χ4v) is 4.70. The number of hydrogen-bond donors (Lipinski definition) is 2. The van der Waals surface area contributed by atoms with Gasteiger partial charge in [-0.15, -0.1) is 0 Å². The van der Waals surface area contributed by atoms with Gasteiger partial charge >= 0.3 is 0 Å². The highest BCUT2D eigenvalue weighted by atomic mass is 16.5. The average Bonchev–Trinajstić information content (AvgIpc) is 2.97. The number of carbonyl (C=O) groups is 3. The first-order valence-corrected chi connectivity index (χ1v) is 9.86. The van der Waals surface area contributed by atoms with E-state index < -0.39 is 6.04 Å². The summed E-state index contributed by atoms with van der Waals surface area (Å²) < 4.78 is 5.69. The highest BCUT2D eigenvalue weighted by Gasteiger charge is 2.45. The quantitative estimate of drug-likeness (QED) is 0.691. The minimum absolute atomic E-state index is 0.0891. The van der Waals surface area contributed by atoms with Gasteiger partial charge in [-0.05, 0) is 23.6 Å². The molecule has 148 valence electrons. The van der Waals surface area contributed by atoms with Gasteiger partial charge in [0.05, 0.1) is 18.8 Å². The maximum Gasteiger partial charge on any atom is 0.255 e. The molecular weight excluding hydrogens is 360 g/mol. The van der Waals surface area contributed by atoms with Gasteiger partial charge in [-0.1, -0.05) is 12.1 Å². The van der Waals surface area contributed by atoms with Crippen molar-refractivity contribution in [1.29, 1.82) is 0 Å². The van der Waals surface area contributed by atoms with E-state index in [1.165, 1.54) is 5.56 Å². The van der Waals surface area contributed by atoms with Crippen molar-refractivity contribution < 1.29 is 19.1 Å². The van der Waals surface area contributed by atoms with Gasteiger partial charge in [0.2, 0.25) is 11.8 Å². The molecule has 8 heteroatoms. The van der Waals surface area contributed by atoms with E-state index in [0.29, 0.717) is 18.5 Å². The number of benzene rings is 1. The lowest BCUT2D eigenvalue weighted by Crippen LogP contribution is -2.73. The zero-order valence-electron chi connectivity index (χ0n) is 15.7. The van der Waals surface area contributed by atoms with Crippen LogP contribution in [0.2, 0.25) is 0 Å². The van der Waals surface area contributed by atoms with Crippen LogP contribution in [0.25, 0.3) is 0 Å². The Kier molecular flexibility index (Phi) is 4.22. The molecule has 1 unspecified atom stereocenters. The Morgan fingerprint density at radius 3 is 2.82 bits per heavy atom. The zero-order valence-corrected chi connectivity index (χ0v) is 15.7. The molecule has 28 heavy (non-hydrogen) atoms. The number of piperidine rings is 1. The minimum atomic E-state index is -0.565. The number of rotatable bonds is 3. The molecule has 1 aromatic rings. The molecule has 4 heterocycles. The van der Waals surface area contributed by atoms with Crippen LogP contribution in [0.15, 0.2) is 18.2 Å². The summed E-state index contributed by atoms with van der Waals surface area (Å²) in [6.45, 7) is 5.54. The van der Waals surface area contributed by atoms with Gasteiger partial charge in [0.1, 0.15) is 6.04 Å². The summed E-state index contributed by atoms with van der Waals surface area (Å²) in [6, 6.07) is 5.42. The summed E-state index contributed by atoms with van der Waals surface area (Å²) in [5, 5.41) is 5.69. The summed E-state index contributed by atoms with van der Waals surface area (Å²) in [5.74, 6) is -0.759. The second-order valence-electron chi connectivity index (χ2n) is 8.19. The Labute approximate surface area is 163 Å². The molecule has 3 saturated heterocycles. The van der Waals surface area contributed by atoms with Crippen molar-refractivity contribution in [3.63, 3.8) is 0 Å². The van der Waals surface area contributed by atoms with Crippen LogP contribution in [0.5, 0.6) is 0 Å². The average molecular weight is 384 g/mol. The summed E-state index contributed by atoms with van der Waals surface area (Å²) in [5.41, 5.74) is 2.88. The van der Waals surface area contributed by atoms with Crippen molar-refractivity contribution in [3.8, 4) is 0 Å². The van der Waals surface area contributed by atoms with Crippen molar-refractivity contribution >= 4 is 17.7 Å². The third-order valence-corrected chi connectivity index (χ3v) is 6.42. The summed E-state index contributed by atoms with van der Waals surface area (Å²) in [4.78, 5) is 40.5. The summed E-state index contributed by atoms with van der Waals surface area (Å²) in [6.07, 6.45) is 0.662. The van der Waals surface area contributed by atoms with Crippen molar-refractivity contribution in [2.45, 2.75) is 37.5 Å². The molecule has 8 nitrogen and oxygen atoms in total. The Morgan fingerprint density at radius 1 is 1.21 bits per heavy atom. The van der Waals surface area contributed by atoms with Crippen LogP contribution in [0, 0.1) is 0 Å². The van der Waals surface area contributed by atoms with Crippen LogP contribution in [-0.2, 0) is 27.4 Å². The van der Waals surface area contributed by atoms with Crippen LogP contribution in [0.3, 0.4) is 0 Å². The van der Waals surface area contributed by atoms with E-state index in [1.54, 1.807) is 4.90 Å². The van der Waals surface area contributed by atoms with E-state index in [4.69, 9.17) is 4.74 Å². The van der Waals surface area contributed by atoms with Crippen LogP contribution in [-0.4, -0.2) is 72.0 Å². The molecule has 1 atom stereocenters. The lowest BCUT2D eigenvalue weighted by molar-refractivity contribution is -0.136. The first kappa shape index (κ1) is 17.8. The number of hydrogen-bond acceptors (Lipinski definition) is 6. The first-order chi connectivity index (χ1) is 13.6. The van der Waals surface area contributed by atoms with Gasteiger partial charge < -0.3 is 15.0 Å². The van der Waals surface area contributed by atoms with Crippen molar-refractivity contribution in [3.05, 3.63) is 34.9 Å². The Bertz CT molecular complexity index is 851. The van der Waals surface area contributed by atoms with Gasteiger partial charge in [0, 0.05) is 44.7 Å². The molecule has 4 aliphatic heterocycles. The van der Waals surface area contributed by atoms with E-state index >= 15 is 0 Å². The molecule has 2 N–H and O–H groups in total. The lowest BCUT2D eigenvalue weighted by Gasteiger charge is -2.53. The number of fused-ring (bicyclic) bond motifs is 1. The fraction of sp³-hybridized carbons (Fsp3) is 0.550. The van der Waals surface area contributed by atoms with Crippen LogP contribution >= 0.6 is 0 Å². The number of carbonyl (C=O) groups excluding carboxylic acids is 3. The SMILES string of the molecule is O=C1CCC(N2Cc3cc(CN4CCOCC45CNC5)ccc3C2=O)C(=O)N1. The monoisotopic (exact) mass is 384 g/mol. The number of nitrogens with one attached hydrogen (secondary N) is 2. The maximum absolute atomic E-state index is 12.8. The van der Waals surface area contributed by atoms with Crippen LogP contribution < -0.4 is 10.6 Å². The Hall–Kier alpha value is -2.29. The first-order valence-electron chi connectivity index (χ1n) is 9.86. The fourth-order valence-electron chi connectivity index (χ4n) is 4.70. The van der Waals surface area contributed by atoms with Gasteiger partial charge in [0.25, 0.3) is 5.91 Å². The number of nitrogens with zero attached hydrogens (tertiary/aromatic N) is 2. The molecule has 0 radical (unpaired) electrons. The molecule has 0 aliphatic carbocycles. The van der Waals surface area contributed by atoms with Crippen molar-refractivity contribution in [1.82, 2.24) is 20.4 Å². The number of ether oxygens (including phenoxy) is 1. The predicted octanol–water partition coefficient (Wildman–Crippen LogP) is -0.378. The highest BCUT2D eigenvalue weighted by Crippen LogP contribution is 2.30. The molecule has 0 saturated carbocycles. The molecule has 0 aromatic heterocycles. The van der Waals surface area contributed by atoms with Crippen molar-refractivity contribution in [2.75, 3.05) is 32.8 Å². The van der Waals surface area contributed by atoms with Gasteiger partial charge in [0.15, 0.2) is 0 Å². The molecular formula is C20H24N4O4. The van der Waals surface area contributed by atoms with Gasteiger partial charge in [-0.3, -0.25) is 24.6 Å². The molecule has 1 aromatic carbocycles. The number of morpholine rings is 1. The van der Waals surface area contributed by atoms with E-state index in [2.05, 4.69) is 21.6 Å². The normalized spacial score (nSPS) is 26.9. The second-order valence-corrected chi connectivity index (χ2v) is 8.19. The van der Waals surface area contributed by atoms with Crippen LogP contribution in [0.1, 0.15) is 34.3 Å². The zero-order chi connectivity index (χ0) is 19.3. The molecule has 3 fully saturated rings. The predicted molar refractivity (Wildman–Crippen MR) is 99.3 cm³/mol. The third kappa shape index (κ3) is 2.83. The Morgan fingerprint density at radius 2 is 2.07 bits per heavy atom. The topological polar surface area (TPSA) is 91.0 Å². The number of imide groups is 1. The van der Waals surface area contributed by atoms with Gasteiger partial charge in [-0.25, -0.2) is 0 Å². The minimum Gasteiger partial charge on any atom is -0.378 e. The Balaban J connectivity index is 1.33. The van der Waals surface area contributed by atoms with E-state index in [1.807, 2.05) is 12.1 Å². The van der Waals surface area contributed by atoms with Crippen molar-refractivity contribution in [2.24, 2.45) is 0 Å². The largest absolute Gasteiger partial charge is 0.378 e. The van der Waals surface area contributed by atoms with Crippen LogP contribution in [0.4, 0.5) is 0 Å². The molecule has 5 rings (SSSR count). The smallest absolute Gasteiger partial charge is 0.255 e.